The van der Waals surface area contributed by atoms with Crippen LogP contribution < -0.4 is 5.73 Å². The summed E-state index contributed by atoms with van der Waals surface area (Å²) in [6.45, 7) is 5.70. The van der Waals surface area contributed by atoms with Crippen LogP contribution in [0.3, 0.4) is 0 Å². The fourth-order valence-electron chi connectivity index (χ4n) is 5.21. The van der Waals surface area contributed by atoms with Crippen molar-refractivity contribution in [3.63, 3.8) is 0 Å². The van der Waals surface area contributed by atoms with Crippen LogP contribution in [0.2, 0.25) is 0 Å². The molecule has 4 rings (SSSR count). The van der Waals surface area contributed by atoms with Crippen molar-refractivity contribution < 1.29 is 34.8 Å². The van der Waals surface area contributed by atoms with Crippen LogP contribution in [0.25, 0.3) is 0 Å². The lowest BCUT2D eigenvalue weighted by Crippen LogP contribution is -2.57. The van der Waals surface area contributed by atoms with Gasteiger partial charge in [-0.2, -0.15) is 0 Å². The number of phenolic OH excluding ortho intramolecular Hbond substituents is 1. The lowest BCUT2D eigenvalue weighted by Gasteiger charge is -2.45. The molecule has 0 spiro atoms. The first-order valence-electron chi connectivity index (χ1n) is 10.2. The molecule has 3 aliphatic carbocycles. The standard InChI is InChI=1S/C23H24INO7/c1-22(2,3)11-7-12(24)10-5-8-4-9-6-13(26)16(21(25)31)20(30)23(9,32)19(29)14(8)18(28)15(10)17(11)27/h7-9,26-27,29,32H,4-6H2,1-3H3,(H2,25,31)/t8-,9+,23+/m1/s1. The number of allylic oxidation sites excluding steroid dienone is 2. The SMILES string of the molecule is CC(C)(C)c1cc(I)c2c(c1O)C(=O)C1=C(O)[C@]3(O)C(=O)C(C(N)=O)=C(O)C[C@@H]3C[C@@H]1C2. The normalized spacial score (nSPS) is 27.8. The number of primary amides is 1. The summed E-state index contributed by atoms with van der Waals surface area (Å²) in [7, 11) is 0. The van der Waals surface area contributed by atoms with Crippen LogP contribution in [-0.2, 0) is 21.4 Å². The van der Waals surface area contributed by atoms with Crippen LogP contribution >= 0.6 is 22.6 Å². The van der Waals surface area contributed by atoms with E-state index in [1.54, 1.807) is 0 Å². The molecule has 1 amide bonds. The number of amides is 1. The maximum Gasteiger partial charge on any atom is 0.255 e. The third-order valence-electron chi connectivity index (χ3n) is 6.82. The molecule has 0 aliphatic heterocycles. The van der Waals surface area contributed by atoms with E-state index >= 15 is 0 Å². The zero-order valence-corrected chi connectivity index (χ0v) is 20.0. The Bertz CT molecular complexity index is 1170. The second kappa shape index (κ2) is 7.05. The zero-order chi connectivity index (χ0) is 23.9. The number of carbonyl (C=O) groups is 3. The van der Waals surface area contributed by atoms with Gasteiger partial charge in [0.25, 0.3) is 5.91 Å². The first-order valence-corrected chi connectivity index (χ1v) is 11.3. The Morgan fingerprint density at radius 2 is 1.81 bits per heavy atom. The minimum atomic E-state index is -2.54. The van der Waals surface area contributed by atoms with E-state index in [-0.39, 0.29) is 29.7 Å². The van der Waals surface area contributed by atoms with Crippen LogP contribution in [0.5, 0.6) is 5.75 Å². The maximum absolute atomic E-state index is 13.6. The molecule has 0 radical (unpaired) electrons. The number of hydrogen-bond acceptors (Lipinski definition) is 7. The van der Waals surface area contributed by atoms with Crippen LogP contribution in [0.15, 0.2) is 28.7 Å². The number of fused-ring (bicyclic) bond motifs is 3. The number of nitrogens with two attached hydrogens (primary N) is 1. The quantitative estimate of drug-likeness (QED) is 0.264. The first-order chi connectivity index (χ1) is 14.7. The van der Waals surface area contributed by atoms with Gasteiger partial charge in [-0.1, -0.05) is 20.8 Å². The smallest absolute Gasteiger partial charge is 0.255 e. The number of aliphatic hydroxyl groups excluding tert-OH is 2. The van der Waals surface area contributed by atoms with Crippen molar-refractivity contribution in [1.82, 2.24) is 0 Å². The summed E-state index contributed by atoms with van der Waals surface area (Å²) in [6.07, 6.45) is 0.201. The van der Waals surface area contributed by atoms with Crippen LogP contribution in [-0.4, -0.2) is 43.5 Å². The van der Waals surface area contributed by atoms with Crippen molar-refractivity contribution >= 4 is 40.1 Å². The molecule has 3 aliphatic rings. The predicted molar refractivity (Wildman–Crippen MR) is 122 cm³/mol. The maximum atomic E-state index is 13.6. The average molecular weight is 553 g/mol. The largest absolute Gasteiger partial charge is 0.511 e. The molecular formula is C23H24INO7. The van der Waals surface area contributed by atoms with Gasteiger partial charge in [0.2, 0.25) is 5.78 Å². The summed E-state index contributed by atoms with van der Waals surface area (Å²) < 4.78 is 0.798. The number of aliphatic hydroxyl groups is 3. The first kappa shape index (κ1) is 22.8. The van der Waals surface area contributed by atoms with Crippen molar-refractivity contribution in [3.05, 3.63) is 49.0 Å². The van der Waals surface area contributed by atoms with Gasteiger partial charge in [0.05, 0.1) is 5.56 Å². The molecule has 9 heteroatoms. The molecule has 32 heavy (non-hydrogen) atoms. The summed E-state index contributed by atoms with van der Waals surface area (Å²) in [5.74, 6) is -6.10. The summed E-state index contributed by atoms with van der Waals surface area (Å²) in [4.78, 5) is 38.2. The number of benzene rings is 1. The van der Waals surface area contributed by atoms with Gasteiger partial charge in [0.1, 0.15) is 22.8 Å². The molecule has 1 aromatic rings. The number of rotatable bonds is 1. The van der Waals surface area contributed by atoms with Gasteiger partial charge in [-0.25, -0.2) is 0 Å². The van der Waals surface area contributed by atoms with Crippen molar-refractivity contribution in [3.8, 4) is 5.75 Å². The summed E-state index contributed by atoms with van der Waals surface area (Å²) >= 11 is 2.12. The van der Waals surface area contributed by atoms with E-state index in [0.717, 1.165) is 3.57 Å². The summed E-state index contributed by atoms with van der Waals surface area (Å²) in [5.41, 5.74) is 2.55. The number of ketones is 2. The molecule has 1 aromatic carbocycles. The molecule has 0 fully saturated rings. The van der Waals surface area contributed by atoms with Gasteiger partial charge >= 0.3 is 0 Å². The number of hydrogen-bond donors (Lipinski definition) is 5. The third-order valence-corrected chi connectivity index (χ3v) is 7.78. The van der Waals surface area contributed by atoms with Gasteiger partial charge in [0.15, 0.2) is 11.4 Å². The Balaban J connectivity index is 1.94. The molecule has 170 valence electrons. The topological polar surface area (TPSA) is 158 Å². The van der Waals surface area contributed by atoms with Crippen molar-refractivity contribution in [2.75, 3.05) is 0 Å². The highest BCUT2D eigenvalue weighted by Gasteiger charge is 2.59. The molecule has 0 aromatic heterocycles. The minimum Gasteiger partial charge on any atom is -0.511 e. The number of halogens is 1. The van der Waals surface area contributed by atoms with E-state index in [1.807, 2.05) is 26.8 Å². The van der Waals surface area contributed by atoms with Crippen molar-refractivity contribution in [1.29, 1.82) is 0 Å². The Kier molecular flexibility index (Phi) is 5.02. The Morgan fingerprint density at radius 1 is 1.19 bits per heavy atom. The van der Waals surface area contributed by atoms with E-state index in [2.05, 4.69) is 22.6 Å². The number of aromatic hydroxyl groups is 1. The molecular weight excluding hydrogens is 529 g/mol. The average Bonchev–Trinajstić information content (AvgIpc) is 2.66. The van der Waals surface area contributed by atoms with Gasteiger partial charge in [-0.05, 0) is 58.4 Å². The summed E-state index contributed by atoms with van der Waals surface area (Å²) in [5, 5.41) is 43.5. The third kappa shape index (κ3) is 2.93. The lowest BCUT2D eigenvalue weighted by molar-refractivity contribution is -0.144. The fourth-order valence-corrected chi connectivity index (χ4v) is 6.01. The van der Waals surface area contributed by atoms with E-state index in [1.165, 1.54) is 0 Å². The molecule has 0 bridgehead atoms. The van der Waals surface area contributed by atoms with Crippen LogP contribution in [0, 0.1) is 15.4 Å². The lowest BCUT2D eigenvalue weighted by atomic mass is 9.60. The Hall–Kier alpha value is -2.40. The molecule has 8 nitrogen and oxygen atoms in total. The molecule has 6 N–H and O–H groups in total. The Labute approximate surface area is 198 Å². The van der Waals surface area contributed by atoms with E-state index < -0.39 is 57.4 Å². The van der Waals surface area contributed by atoms with Crippen LogP contribution in [0.1, 0.15) is 55.1 Å². The molecule has 0 unspecified atom stereocenters. The van der Waals surface area contributed by atoms with Gasteiger partial charge in [0, 0.05) is 27.0 Å². The molecule has 0 saturated carbocycles. The van der Waals surface area contributed by atoms with Gasteiger partial charge < -0.3 is 26.2 Å². The number of carbonyl (C=O) groups excluding carboxylic acids is 3. The fraction of sp³-hybridized carbons (Fsp3) is 0.435. The zero-order valence-electron chi connectivity index (χ0n) is 17.8. The highest BCUT2D eigenvalue weighted by molar-refractivity contribution is 14.1. The minimum absolute atomic E-state index is 0.0541. The predicted octanol–water partition coefficient (Wildman–Crippen LogP) is 2.48. The monoisotopic (exact) mass is 553 g/mol. The van der Waals surface area contributed by atoms with Crippen molar-refractivity contribution in [2.45, 2.75) is 51.0 Å². The molecule has 0 heterocycles. The van der Waals surface area contributed by atoms with E-state index in [9.17, 15) is 34.8 Å². The molecule has 3 atom stereocenters. The Morgan fingerprint density at radius 3 is 2.38 bits per heavy atom. The highest BCUT2D eigenvalue weighted by Crippen LogP contribution is 2.52. The number of Topliss-reactive ketones (excluding diaryl/α,β-unsaturated/α-hetero) is 2. The van der Waals surface area contributed by atoms with Crippen LogP contribution in [0.4, 0.5) is 0 Å². The van der Waals surface area contributed by atoms with Crippen molar-refractivity contribution in [2.24, 2.45) is 17.6 Å². The summed E-state index contributed by atoms with van der Waals surface area (Å²) in [6, 6.07) is 1.84. The second-order valence-electron chi connectivity index (χ2n) is 9.77. The van der Waals surface area contributed by atoms with E-state index in [0.29, 0.717) is 17.5 Å². The molecule has 0 saturated heterocycles. The van der Waals surface area contributed by atoms with Gasteiger partial charge in [-0.15, -0.1) is 0 Å². The highest BCUT2D eigenvalue weighted by atomic mass is 127. The van der Waals surface area contributed by atoms with Gasteiger partial charge in [-0.3, -0.25) is 14.4 Å². The van der Waals surface area contributed by atoms with E-state index in [4.69, 9.17) is 5.73 Å². The second-order valence-corrected chi connectivity index (χ2v) is 10.9. The number of phenols is 1.